The molecule has 0 amide bonds. The largest absolute Gasteiger partial charge is 0.351 e. The molecule has 1 aromatic rings. The summed E-state index contributed by atoms with van der Waals surface area (Å²) in [4.78, 5) is 0. The summed E-state index contributed by atoms with van der Waals surface area (Å²) in [6, 6.07) is 6.77. The monoisotopic (exact) mass is 265 g/mol. The number of benzene rings is 1. The van der Waals surface area contributed by atoms with E-state index in [1.54, 1.807) is 0 Å². The topological polar surface area (TPSA) is 30.5 Å². The number of hydrogen-bond donors (Lipinski definition) is 1. The molecule has 1 rings (SSSR count). The molecule has 1 atom stereocenters. The Morgan fingerprint density at radius 1 is 1.05 bits per heavy atom. The summed E-state index contributed by atoms with van der Waals surface area (Å²) >= 11 is 0. The molecule has 0 bridgehead atoms. The molecule has 0 saturated heterocycles. The highest BCUT2D eigenvalue weighted by Gasteiger charge is 2.21. The van der Waals surface area contributed by atoms with Gasteiger partial charge in [-0.25, -0.2) is 0 Å². The van der Waals surface area contributed by atoms with Crippen LogP contribution < -0.4 is 5.32 Å². The van der Waals surface area contributed by atoms with Gasteiger partial charge in [0.05, 0.1) is 6.04 Å². The fraction of sp³-hybridized carbons (Fsp3) is 0.625. The van der Waals surface area contributed by atoms with Crippen LogP contribution >= 0.6 is 0 Å². The van der Waals surface area contributed by atoms with Gasteiger partial charge in [-0.15, -0.1) is 0 Å². The quantitative estimate of drug-likeness (QED) is 0.733. The van der Waals surface area contributed by atoms with E-state index in [4.69, 9.17) is 9.47 Å². The van der Waals surface area contributed by atoms with E-state index in [1.165, 1.54) is 16.7 Å². The van der Waals surface area contributed by atoms with Gasteiger partial charge in [-0.3, -0.25) is 0 Å². The Morgan fingerprint density at radius 3 is 2.16 bits per heavy atom. The van der Waals surface area contributed by atoms with Crippen molar-refractivity contribution < 1.29 is 9.47 Å². The average molecular weight is 265 g/mol. The first-order chi connectivity index (χ1) is 9.12. The molecule has 0 aliphatic heterocycles. The van der Waals surface area contributed by atoms with Crippen molar-refractivity contribution in [1.82, 2.24) is 5.32 Å². The van der Waals surface area contributed by atoms with Crippen molar-refractivity contribution in [2.45, 2.75) is 46.4 Å². The molecule has 3 heteroatoms. The maximum absolute atomic E-state index is 5.68. The van der Waals surface area contributed by atoms with E-state index in [-0.39, 0.29) is 12.3 Å². The summed E-state index contributed by atoms with van der Waals surface area (Å²) in [5.41, 5.74) is 3.97. The lowest BCUT2D eigenvalue weighted by Crippen LogP contribution is -2.42. The van der Waals surface area contributed by atoms with Gasteiger partial charge in [0.25, 0.3) is 0 Å². The zero-order valence-corrected chi connectivity index (χ0v) is 12.8. The van der Waals surface area contributed by atoms with Gasteiger partial charge in [-0.2, -0.15) is 0 Å². The van der Waals surface area contributed by atoms with Crippen molar-refractivity contribution in [2.75, 3.05) is 20.3 Å². The molecule has 0 aliphatic carbocycles. The second-order valence-electron chi connectivity index (χ2n) is 4.80. The summed E-state index contributed by atoms with van der Waals surface area (Å²) in [6.45, 7) is 9.60. The average Bonchev–Trinajstić information content (AvgIpc) is 2.40. The third-order valence-corrected chi connectivity index (χ3v) is 3.39. The molecule has 1 aromatic carbocycles. The number of hydrogen-bond acceptors (Lipinski definition) is 3. The summed E-state index contributed by atoms with van der Waals surface area (Å²) in [5.74, 6) is 0. The molecule has 0 fully saturated rings. The Kier molecular flexibility index (Phi) is 7.06. The van der Waals surface area contributed by atoms with Crippen molar-refractivity contribution in [3.8, 4) is 0 Å². The first-order valence-electron chi connectivity index (χ1n) is 7.08. The van der Waals surface area contributed by atoms with E-state index in [2.05, 4.69) is 37.4 Å². The Labute approximate surface area is 117 Å². The van der Waals surface area contributed by atoms with Crippen LogP contribution in [0, 0.1) is 13.8 Å². The molecule has 108 valence electrons. The van der Waals surface area contributed by atoms with Crippen LogP contribution in [0.4, 0.5) is 0 Å². The third kappa shape index (κ3) is 4.94. The van der Waals surface area contributed by atoms with Crippen LogP contribution in [0.2, 0.25) is 0 Å². The number of nitrogens with one attached hydrogen (secondary N) is 1. The highest BCUT2D eigenvalue weighted by molar-refractivity contribution is 5.30. The molecule has 0 aromatic heterocycles. The van der Waals surface area contributed by atoms with E-state index in [0.29, 0.717) is 13.2 Å². The Bertz CT molecular complexity index is 373. The number of ether oxygens (including phenoxy) is 2. The molecular weight excluding hydrogens is 238 g/mol. The van der Waals surface area contributed by atoms with Gasteiger partial charge in [0.2, 0.25) is 0 Å². The third-order valence-electron chi connectivity index (χ3n) is 3.39. The summed E-state index contributed by atoms with van der Waals surface area (Å²) in [7, 11) is 1.96. The van der Waals surface area contributed by atoms with Crippen LogP contribution in [0.3, 0.4) is 0 Å². The standard InChI is InChI=1S/C16H27NO2/c1-6-18-16(19-7-2)15(17-5)11-14-9-8-12(3)13(4)10-14/h8-10,15-17H,6-7,11H2,1-5H3. The number of likely N-dealkylation sites (N-methyl/N-ethyl adjacent to an activating group) is 1. The Hall–Kier alpha value is -0.900. The molecule has 0 radical (unpaired) electrons. The van der Waals surface area contributed by atoms with E-state index >= 15 is 0 Å². The minimum Gasteiger partial charge on any atom is -0.351 e. The van der Waals surface area contributed by atoms with Gasteiger partial charge in [-0.1, -0.05) is 18.2 Å². The van der Waals surface area contributed by atoms with E-state index in [0.717, 1.165) is 6.42 Å². The van der Waals surface area contributed by atoms with Crippen LogP contribution in [0.5, 0.6) is 0 Å². The van der Waals surface area contributed by atoms with Crippen LogP contribution in [-0.2, 0) is 15.9 Å². The molecule has 19 heavy (non-hydrogen) atoms. The minimum atomic E-state index is -0.193. The predicted molar refractivity (Wildman–Crippen MR) is 79.5 cm³/mol. The van der Waals surface area contributed by atoms with Crippen molar-refractivity contribution in [1.29, 1.82) is 0 Å². The van der Waals surface area contributed by atoms with Crippen molar-refractivity contribution >= 4 is 0 Å². The number of aryl methyl sites for hydroxylation is 2. The molecule has 0 heterocycles. The molecule has 0 saturated carbocycles. The van der Waals surface area contributed by atoms with Gasteiger partial charge in [0, 0.05) is 13.2 Å². The fourth-order valence-electron chi connectivity index (χ4n) is 2.13. The van der Waals surface area contributed by atoms with Gasteiger partial charge >= 0.3 is 0 Å². The first-order valence-corrected chi connectivity index (χ1v) is 7.08. The lowest BCUT2D eigenvalue weighted by atomic mass is 10.0. The Morgan fingerprint density at radius 2 is 1.68 bits per heavy atom. The van der Waals surface area contributed by atoms with Crippen molar-refractivity contribution in [2.24, 2.45) is 0 Å². The van der Waals surface area contributed by atoms with Gasteiger partial charge < -0.3 is 14.8 Å². The van der Waals surface area contributed by atoms with Crippen LogP contribution in [0.25, 0.3) is 0 Å². The summed E-state index contributed by atoms with van der Waals surface area (Å²) in [6.07, 6.45) is 0.712. The second kappa shape index (κ2) is 8.31. The normalized spacial score (nSPS) is 12.9. The lowest BCUT2D eigenvalue weighted by Gasteiger charge is -2.26. The first kappa shape index (κ1) is 16.2. The van der Waals surface area contributed by atoms with E-state index in [1.807, 2.05) is 20.9 Å². The van der Waals surface area contributed by atoms with Crippen molar-refractivity contribution in [3.63, 3.8) is 0 Å². The highest BCUT2D eigenvalue weighted by Crippen LogP contribution is 2.14. The fourth-order valence-corrected chi connectivity index (χ4v) is 2.13. The van der Waals surface area contributed by atoms with Gasteiger partial charge in [-0.05, 0) is 57.9 Å². The lowest BCUT2D eigenvalue weighted by molar-refractivity contribution is -0.152. The SMILES string of the molecule is CCOC(OCC)C(Cc1ccc(C)c(C)c1)NC. The summed E-state index contributed by atoms with van der Waals surface area (Å²) in [5, 5.41) is 3.30. The number of rotatable bonds is 8. The van der Waals surface area contributed by atoms with Gasteiger partial charge in [0.15, 0.2) is 6.29 Å². The molecule has 1 N–H and O–H groups in total. The maximum atomic E-state index is 5.68. The maximum Gasteiger partial charge on any atom is 0.172 e. The predicted octanol–water partition coefficient (Wildman–Crippen LogP) is 2.83. The van der Waals surface area contributed by atoms with E-state index < -0.39 is 0 Å². The van der Waals surface area contributed by atoms with E-state index in [9.17, 15) is 0 Å². The van der Waals surface area contributed by atoms with Crippen LogP contribution in [-0.4, -0.2) is 32.6 Å². The van der Waals surface area contributed by atoms with Gasteiger partial charge in [0.1, 0.15) is 0 Å². The van der Waals surface area contributed by atoms with Crippen molar-refractivity contribution in [3.05, 3.63) is 34.9 Å². The molecule has 0 aliphatic rings. The highest BCUT2D eigenvalue weighted by atomic mass is 16.7. The molecule has 3 nitrogen and oxygen atoms in total. The molecule has 0 spiro atoms. The zero-order valence-electron chi connectivity index (χ0n) is 12.8. The molecule has 1 unspecified atom stereocenters. The Balaban J connectivity index is 2.75. The smallest absolute Gasteiger partial charge is 0.172 e. The zero-order chi connectivity index (χ0) is 14.3. The summed E-state index contributed by atoms with van der Waals surface area (Å²) < 4.78 is 11.4. The molecular formula is C16H27NO2. The second-order valence-corrected chi connectivity index (χ2v) is 4.80. The minimum absolute atomic E-state index is 0.169. The van der Waals surface area contributed by atoms with Crippen LogP contribution in [0.1, 0.15) is 30.5 Å². The van der Waals surface area contributed by atoms with Crippen LogP contribution in [0.15, 0.2) is 18.2 Å².